The Morgan fingerprint density at radius 1 is 0.266 bits per heavy atom. The zero-order valence-corrected chi connectivity index (χ0v) is 39.8. The van der Waals surface area contributed by atoms with Gasteiger partial charge in [-0.15, -0.1) is 0 Å². The first kappa shape index (κ1) is 47.6. The van der Waals surface area contributed by atoms with Crippen LogP contribution in [0.25, 0.3) is 43.1 Å². The quantitative estimate of drug-likeness (QED) is 0.0187. The summed E-state index contributed by atoms with van der Waals surface area (Å²) in [6.45, 7) is 5.42. The third kappa shape index (κ3) is 11.0. The lowest BCUT2D eigenvalue weighted by molar-refractivity contribution is 0.0592. The van der Waals surface area contributed by atoms with Crippen LogP contribution in [0.15, 0.2) is 48.5 Å². The van der Waals surface area contributed by atoms with Gasteiger partial charge in [-0.3, -0.25) is 29.0 Å². The number of rotatable bonds is 32. The fourth-order valence-corrected chi connectivity index (χ4v) is 11.1. The van der Waals surface area contributed by atoms with Crippen molar-refractivity contribution in [2.24, 2.45) is 0 Å². The Labute approximate surface area is 384 Å². The normalized spacial score (nSPS) is 14.0. The first-order chi connectivity index (χ1) is 31.5. The fraction of sp³-hybridized carbons (Fsp3) is 0.586. The average Bonchev–Trinajstić information content (AvgIpc) is 3.31. The van der Waals surface area contributed by atoms with Crippen LogP contribution in [0.5, 0.6) is 0 Å². The first-order valence-corrected chi connectivity index (χ1v) is 26.4. The molecule has 0 saturated carbocycles. The molecule has 2 aliphatic rings. The number of fused-ring (bicyclic) bond motifs is 2. The van der Waals surface area contributed by atoms with Crippen molar-refractivity contribution in [1.82, 2.24) is 9.80 Å². The molecular weight excluding hydrogens is 789 g/mol. The summed E-state index contributed by atoms with van der Waals surface area (Å²) in [7, 11) is 0. The summed E-state index contributed by atoms with van der Waals surface area (Å²) in [6.07, 6.45) is 38.2. The molecule has 2 aliphatic heterocycles. The molecule has 0 N–H and O–H groups in total. The van der Waals surface area contributed by atoms with Crippen LogP contribution in [-0.4, -0.2) is 46.5 Å². The average molecular weight is 867 g/mol. The summed E-state index contributed by atoms with van der Waals surface area (Å²) < 4.78 is 0. The number of carbonyl (C=O) groups excluding carboxylic acids is 4. The molecule has 2 heterocycles. The maximum absolute atomic E-state index is 14.0. The maximum Gasteiger partial charge on any atom is 0.261 e. The monoisotopic (exact) mass is 867 g/mol. The molecule has 0 spiro atoms. The van der Waals surface area contributed by atoms with Crippen LogP contribution < -0.4 is 0 Å². The van der Waals surface area contributed by atoms with Crippen molar-refractivity contribution in [2.45, 2.75) is 206 Å². The Kier molecular flexibility index (Phi) is 18.1. The van der Waals surface area contributed by atoms with Crippen molar-refractivity contribution in [2.75, 3.05) is 13.1 Å². The van der Waals surface area contributed by atoms with Crippen molar-refractivity contribution < 1.29 is 19.2 Å². The highest BCUT2D eigenvalue weighted by Gasteiger charge is 2.36. The predicted octanol–water partition coefficient (Wildman–Crippen LogP) is 16.7. The second-order valence-corrected chi connectivity index (χ2v) is 19.6. The van der Waals surface area contributed by atoms with E-state index in [0.29, 0.717) is 35.3 Å². The van der Waals surface area contributed by atoms with E-state index in [-0.39, 0.29) is 23.6 Å². The summed E-state index contributed by atoms with van der Waals surface area (Å²) in [5, 5.41) is 6.99. The third-order valence-corrected chi connectivity index (χ3v) is 14.8. The Morgan fingerprint density at radius 2 is 0.469 bits per heavy atom. The van der Waals surface area contributed by atoms with E-state index in [2.05, 4.69) is 13.8 Å². The molecule has 0 bridgehead atoms. The van der Waals surface area contributed by atoms with Gasteiger partial charge in [0.2, 0.25) is 0 Å². The van der Waals surface area contributed by atoms with Gasteiger partial charge in [0.05, 0.1) is 0 Å². The molecule has 0 aliphatic carbocycles. The number of nitrogens with zero attached hydrogens (tertiary/aromatic N) is 2. The number of hydrogen-bond donors (Lipinski definition) is 0. The third-order valence-electron chi connectivity index (χ3n) is 14.8. The highest BCUT2D eigenvalue weighted by Crippen LogP contribution is 2.46. The number of hydrogen-bond acceptors (Lipinski definition) is 4. The van der Waals surface area contributed by atoms with Crippen LogP contribution in [0.3, 0.4) is 0 Å². The van der Waals surface area contributed by atoms with Crippen LogP contribution in [0.1, 0.15) is 248 Å². The highest BCUT2D eigenvalue weighted by molar-refractivity contribution is 6.41. The molecule has 5 aromatic carbocycles. The van der Waals surface area contributed by atoms with Gasteiger partial charge < -0.3 is 0 Å². The minimum atomic E-state index is -0.215. The van der Waals surface area contributed by atoms with Crippen molar-refractivity contribution >= 4 is 66.7 Å². The van der Waals surface area contributed by atoms with Gasteiger partial charge in [0, 0.05) is 46.1 Å². The van der Waals surface area contributed by atoms with Gasteiger partial charge in [0.15, 0.2) is 0 Å². The summed E-state index contributed by atoms with van der Waals surface area (Å²) in [6, 6.07) is 15.6. The maximum atomic E-state index is 14.0. The van der Waals surface area contributed by atoms with Crippen molar-refractivity contribution in [3.05, 3.63) is 70.8 Å². The molecule has 6 nitrogen and oxygen atoms in total. The molecule has 0 saturated heterocycles. The molecule has 0 unspecified atom stereocenters. The molecule has 64 heavy (non-hydrogen) atoms. The molecule has 0 fully saturated rings. The van der Waals surface area contributed by atoms with Crippen LogP contribution in [0.2, 0.25) is 0 Å². The van der Waals surface area contributed by atoms with Gasteiger partial charge in [-0.2, -0.15) is 0 Å². The largest absolute Gasteiger partial charge is 0.274 e. The summed E-state index contributed by atoms with van der Waals surface area (Å²) in [4.78, 5) is 59.1. The Morgan fingerprint density at radius 3 is 0.688 bits per heavy atom. The molecule has 344 valence electrons. The minimum absolute atomic E-state index is 0.215. The van der Waals surface area contributed by atoms with E-state index in [1.165, 1.54) is 164 Å². The standard InChI is InChI=1S/C58H78N2O4/c1-3-5-7-9-11-13-15-17-19-21-23-25-27-29-31-41-59-55(61)47-37-33-43-45-35-39-49-54-50(40-36-46(52(45)54)44-34-38-48(56(59)62)53(47)51(43)44)58(64)60(57(49)63)42-32-30-28-26-24-22-20-18-16-14-12-10-8-6-4-2/h33-40H,3-32,41-42H2,1-2H3. The van der Waals surface area contributed by atoms with Gasteiger partial charge in [-0.25, -0.2) is 0 Å². The van der Waals surface area contributed by atoms with Gasteiger partial charge >= 0.3 is 0 Å². The summed E-state index contributed by atoms with van der Waals surface area (Å²) in [5.41, 5.74) is 2.30. The van der Waals surface area contributed by atoms with Crippen LogP contribution in [0, 0.1) is 0 Å². The number of unbranched alkanes of at least 4 members (excludes halogenated alkanes) is 28. The highest BCUT2D eigenvalue weighted by atomic mass is 16.2. The van der Waals surface area contributed by atoms with Crippen molar-refractivity contribution in [1.29, 1.82) is 0 Å². The van der Waals surface area contributed by atoms with Crippen LogP contribution in [0.4, 0.5) is 0 Å². The van der Waals surface area contributed by atoms with E-state index >= 15 is 0 Å². The molecule has 7 rings (SSSR count). The Bertz CT molecular complexity index is 2060. The van der Waals surface area contributed by atoms with Gasteiger partial charge in [0.1, 0.15) is 0 Å². The Hall–Kier alpha value is -4.32. The molecule has 5 aromatic rings. The summed E-state index contributed by atoms with van der Waals surface area (Å²) >= 11 is 0. The van der Waals surface area contributed by atoms with E-state index in [1.54, 1.807) is 0 Å². The lowest BCUT2D eigenvalue weighted by atomic mass is 9.82. The number of benzene rings is 5. The fourth-order valence-electron chi connectivity index (χ4n) is 11.1. The zero-order valence-electron chi connectivity index (χ0n) is 39.8. The van der Waals surface area contributed by atoms with Crippen molar-refractivity contribution in [3.8, 4) is 0 Å². The molecule has 6 heteroatoms. The zero-order chi connectivity index (χ0) is 44.7. The SMILES string of the molecule is CCCCCCCCCCCCCCCCCN1C(=O)c2ccc3c4ccc5c6c(ccc(c7ccc(c2c37)C1=O)c64)C(=O)N(CCCCCCCCCCCCCCCCC)C5=O. The topological polar surface area (TPSA) is 74.8 Å². The number of imide groups is 2. The molecule has 0 atom stereocenters. The van der Waals surface area contributed by atoms with E-state index in [0.717, 1.165) is 81.6 Å². The lowest BCUT2D eigenvalue weighted by Crippen LogP contribution is -2.41. The second kappa shape index (κ2) is 24.3. The van der Waals surface area contributed by atoms with Gasteiger partial charge in [-0.1, -0.05) is 218 Å². The van der Waals surface area contributed by atoms with E-state index < -0.39 is 0 Å². The van der Waals surface area contributed by atoms with Crippen molar-refractivity contribution in [3.63, 3.8) is 0 Å². The number of amides is 4. The van der Waals surface area contributed by atoms with Gasteiger partial charge in [0.25, 0.3) is 23.6 Å². The van der Waals surface area contributed by atoms with Crippen LogP contribution in [-0.2, 0) is 0 Å². The second-order valence-electron chi connectivity index (χ2n) is 19.6. The smallest absolute Gasteiger partial charge is 0.261 e. The van der Waals surface area contributed by atoms with E-state index in [1.807, 2.05) is 48.5 Å². The van der Waals surface area contributed by atoms with Gasteiger partial charge in [-0.05, 0) is 69.4 Å². The Balaban J connectivity index is 0.918. The molecule has 0 aromatic heterocycles. The van der Waals surface area contributed by atoms with E-state index in [4.69, 9.17) is 0 Å². The van der Waals surface area contributed by atoms with Crippen LogP contribution >= 0.6 is 0 Å². The van der Waals surface area contributed by atoms with E-state index in [9.17, 15) is 19.2 Å². The summed E-state index contributed by atoms with van der Waals surface area (Å²) in [5.74, 6) is -0.859. The molecule has 4 amide bonds. The predicted molar refractivity (Wildman–Crippen MR) is 268 cm³/mol. The number of carbonyl (C=O) groups is 4. The molecule has 0 radical (unpaired) electrons. The molecular formula is C58H78N2O4. The lowest BCUT2D eigenvalue weighted by Gasteiger charge is -2.30. The first-order valence-electron chi connectivity index (χ1n) is 26.4. The minimum Gasteiger partial charge on any atom is -0.274 e.